The number of carbonyl (C=O) groups is 2. The number of nitrogens with zero attached hydrogens (tertiary/aromatic N) is 1. The molecule has 2 amide bonds. The first-order chi connectivity index (χ1) is 9.90. The number of carbonyl (C=O) groups excluding carboxylic acids is 2. The maximum absolute atomic E-state index is 12.3. The lowest BCUT2D eigenvalue weighted by atomic mass is 10.1. The van der Waals surface area contributed by atoms with Crippen molar-refractivity contribution in [2.45, 2.75) is 32.5 Å². The maximum Gasteiger partial charge on any atom is 0.253 e. The van der Waals surface area contributed by atoms with Gasteiger partial charge in [0.15, 0.2) is 0 Å². The van der Waals surface area contributed by atoms with Crippen molar-refractivity contribution in [2.75, 3.05) is 18.4 Å². The molecule has 116 valence electrons. The number of anilines is 1. The molecule has 21 heavy (non-hydrogen) atoms. The van der Waals surface area contributed by atoms with E-state index in [2.05, 4.69) is 21.2 Å². The number of hydrogen-bond acceptors (Lipinski definition) is 2. The average molecular weight is 355 g/mol. The first-order valence-electron chi connectivity index (χ1n) is 7.24. The number of alkyl halides is 1. The van der Waals surface area contributed by atoms with Crippen molar-refractivity contribution in [3.63, 3.8) is 0 Å². The van der Waals surface area contributed by atoms with Crippen LogP contribution in [0.3, 0.4) is 0 Å². The number of nitrogens with one attached hydrogen (secondary N) is 1. The molecule has 0 aliphatic heterocycles. The van der Waals surface area contributed by atoms with Crippen LogP contribution in [0.15, 0.2) is 24.3 Å². The third-order valence-electron chi connectivity index (χ3n) is 3.26. The topological polar surface area (TPSA) is 49.4 Å². The van der Waals surface area contributed by atoms with Crippen LogP contribution in [0.25, 0.3) is 0 Å². The predicted octanol–water partition coefficient (Wildman–Crippen LogP) is 3.53. The van der Waals surface area contributed by atoms with Gasteiger partial charge in [0.05, 0.1) is 4.83 Å². The molecule has 0 saturated heterocycles. The lowest BCUT2D eigenvalue weighted by Crippen LogP contribution is -2.30. The molecule has 0 aliphatic carbocycles. The molecule has 1 unspecified atom stereocenters. The van der Waals surface area contributed by atoms with Gasteiger partial charge in [-0.2, -0.15) is 0 Å². The van der Waals surface area contributed by atoms with E-state index in [1.165, 1.54) is 0 Å². The highest BCUT2D eigenvalue weighted by Gasteiger charge is 2.19. The zero-order valence-electron chi connectivity index (χ0n) is 13.0. The van der Waals surface area contributed by atoms with Crippen LogP contribution in [0.5, 0.6) is 0 Å². The van der Waals surface area contributed by atoms with E-state index in [1.807, 2.05) is 27.7 Å². The largest absolute Gasteiger partial charge is 0.339 e. The Kier molecular flexibility index (Phi) is 6.89. The quantitative estimate of drug-likeness (QED) is 0.794. The Balaban J connectivity index is 2.86. The standard InChI is InChI=1S/C16H23BrN2O2/c1-5-19(6-2)16(21)12-8-7-9-13(10-12)18-15(20)14(17)11(3)4/h7-11,14H,5-6H2,1-4H3,(H,18,20). The molecule has 0 heterocycles. The number of halogens is 1. The van der Waals surface area contributed by atoms with Crippen LogP contribution in [-0.2, 0) is 4.79 Å². The van der Waals surface area contributed by atoms with Crippen LogP contribution >= 0.6 is 15.9 Å². The summed E-state index contributed by atoms with van der Waals surface area (Å²) in [7, 11) is 0. The molecule has 1 N–H and O–H groups in total. The molecule has 0 spiro atoms. The van der Waals surface area contributed by atoms with Gasteiger partial charge in [-0.05, 0) is 38.0 Å². The monoisotopic (exact) mass is 354 g/mol. The first-order valence-corrected chi connectivity index (χ1v) is 8.16. The van der Waals surface area contributed by atoms with Gasteiger partial charge in [0.1, 0.15) is 0 Å². The summed E-state index contributed by atoms with van der Waals surface area (Å²) in [4.78, 5) is 25.8. The highest BCUT2D eigenvalue weighted by molar-refractivity contribution is 9.10. The molecule has 1 atom stereocenters. The predicted molar refractivity (Wildman–Crippen MR) is 89.9 cm³/mol. The second kappa shape index (κ2) is 8.17. The number of hydrogen-bond donors (Lipinski definition) is 1. The highest BCUT2D eigenvalue weighted by Crippen LogP contribution is 2.17. The first kappa shape index (κ1) is 17.7. The fourth-order valence-electron chi connectivity index (χ4n) is 1.94. The number of amides is 2. The van der Waals surface area contributed by atoms with Gasteiger partial charge in [-0.3, -0.25) is 9.59 Å². The Morgan fingerprint density at radius 2 is 1.86 bits per heavy atom. The van der Waals surface area contributed by atoms with Crippen LogP contribution in [0.1, 0.15) is 38.1 Å². The van der Waals surface area contributed by atoms with Gasteiger partial charge in [-0.15, -0.1) is 0 Å². The van der Waals surface area contributed by atoms with Gasteiger partial charge in [0.25, 0.3) is 5.91 Å². The highest BCUT2D eigenvalue weighted by atomic mass is 79.9. The third kappa shape index (κ3) is 4.84. The Labute approximate surface area is 135 Å². The summed E-state index contributed by atoms with van der Waals surface area (Å²) in [5.74, 6) is 0.0817. The Morgan fingerprint density at radius 1 is 1.24 bits per heavy atom. The fourth-order valence-corrected chi connectivity index (χ4v) is 2.05. The van der Waals surface area contributed by atoms with Crippen molar-refractivity contribution in [1.29, 1.82) is 0 Å². The van der Waals surface area contributed by atoms with Crippen molar-refractivity contribution < 1.29 is 9.59 Å². The van der Waals surface area contributed by atoms with Gasteiger partial charge in [-0.25, -0.2) is 0 Å². The molecule has 0 radical (unpaired) electrons. The minimum Gasteiger partial charge on any atom is -0.339 e. The molecule has 0 bridgehead atoms. The molecule has 5 heteroatoms. The molecule has 0 aliphatic rings. The second-order valence-corrected chi connectivity index (χ2v) is 6.18. The van der Waals surface area contributed by atoms with Crippen molar-refractivity contribution in [1.82, 2.24) is 4.90 Å². The van der Waals surface area contributed by atoms with E-state index in [9.17, 15) is 9.59 Å². The van der Waals surface area contributed by atoms with Gasteiger partial charge in [0.2, 0.25) is 5.91 Å². The minimum atomic E-state index is -0.250. The summed E-state index contributed by atoms with van der Waals surface area (Å²) in [6, 6.07) is 7.06. The SMILES string of the molecule is CCN(CC)C(=O)c1cccc(NC(=O)C(Br)C(C)C)c1. The molecule has 0 aromatic heterocycles. The van der Waals surface area contributed by atoms with Crippen molar-refractivity contribution in [2.24, 2.45) is 5.92 Å². The zero-order valence-corrected chi connectivity index (χ0v) is 14.6. The summed E-state index contributed by atoms with van der Waals surface area (Å²) in [5.41, 5.74) is 1.23. The van der Waals surface area contributed by atoms with E-state index in [4.69, 9.17) is 0 Å². The van der Waals surface area contributed by atoms with E-state index in [-0.39, 0.29) is 22.6 Å². The third-order valence-corrected chi connectivity index (χ3v) is 4.74. The van der Waals surface area contributed by atoms with E-state index in [0.29, 0.717) is 24.3 Å². The number of benzene rings is 1. The fraction of sp³-hybridized carbons (Fsp3) is 0.500. The molecule has 0 fully saturated rings. The summed E-state index contributed by atoms with van der Waals surface area (Å²) < 4.78 is 0. The van der Waals surface area contributed by atoms with Crippen molar-refractivity contribution >= 4 is 33.4 Å². The van der Waals surface area contributed by atoms with E-state index in [0.717, 1.165) is 0 Å². The van der Waals surface area contributed by atoms with E-state index < -0.39 is 0 Å². The normalized spacial score (nSPS) is 12.1. The smallest absolute Gasteiger partial charge is 0.253 e. The van der Waals surface area contributed by atoms with Gasteiger partial charge in [0, 0.05) is 24.3 Å². The lowest BCUT2D eigenvalue weighted by molar-refractivity contribution is -0.116. The lowest BCUT2D eigenvalue weighted by Gasteiger charge is -2.19. The van der Waals surface area contributed by atoms with Crippen LogP contribution in [0.4, 0.5) is 5.69 Å². The van der Waals surface area contributed by atoms with Gasteiger partial charge < -0.3 is 10.2 Å². The molecule has 4 nitrogen and oxygen atoms in total. The Bertz CT molecular complexity index is 499. The van der Waals surface area contributed by atoms with Crippen LogP contribution < -0.4 is 5.32 Å². The van der Waals surface area contributed by atoms with Gasteiger partial charge in [-0.1, -0.05) is 35.8 Å². The number of rotatable bonds is 6. The summed E-state index contributed by atoms with van der Waals surface area (Å²) in [6.07, 6.45) is 0. The molecule has 1 aromatic carbocycles. The zero-order chi connectivity index (χ0) is 16.0. The minimum absolute atomic E-state index is 0.0182. The van der Waals surface area contributed by atoms with Crippen molar-refractivity contribution in [3.8, 4) is 0 Å². The summed E-state index contributed by atoms with van der Waals surface area (Å²) in [5, 5.41) is 2.84. The molecule has 0 saturated carbocycles. The second-order valence-electron chi connectivity index (χ2n) is 5.19. The maximum atomic E-state index is 12.3. The van der Waals surface area contributed by atoms with Crippen LogP contribution in [0, 0.1) is 5.92 Å². The molecule has 1 rings (SSSR count). The Hall–Kier alpha value is -1.36. The summed E-state index contributed by atoms with van der Waals surface area (Å²) >= 11 is 3.37. The van der Waals surface area contributed by atoms with E-state index in [1.54, 1.807) is 29.2 Å². The van der Waals surface area contributed by atoms with Crippen LogP contribution in [-0.4, -0.2) is 34.6 Å². The summed E-state index contributed by atoms with van der Waals surface area (Å²) in [6.45, 7) is 9.18. The van der Waals surface area contributed by atoms with Crippen molar-refractivity contribution in [3.05, 3.63) is 29.8 Å². The average Bonchev–Trinajstić information content (AvgIpc) is 2.47. The van der Waals surface area contributed by atoms with Crippen LogP contribution in [0.2, 0.25) is 0 Å². The molecular formula is C16H23BrN2O2. The molecule has 1 aromatic rings. The van der Waals surface area contributed by atoms with E-state index >= 15 is 0 Å². The molecular weight excluding hydrogens is 332 g/mol. The Morgan fingerprint density at radius 3 is 2.38 bits per heavy atom. The van der Waals surface area contributed by atoms with Gasteiger partial charge >= 0.3 is 0 Å².